The molecule has 6 heteroatoms. The maximum absolute atomic E-state index is 13.0. The number of anilines is 1. The lowest BCUT2D eigenvalue weighted by Gasteiger charge is -2.25. The van der Waals surface area contributed by atoms with Gasteiger partial charge in [0.1, 0.15) is 4.38 Å². The lowest BCUT2D eigenvalue weighted by atomic mass is 10.2. The second kappa shape index (κ2) is 8.93. The summed E-state index contributed by atoms with van der Waals surface area (Å²) in [5.74, 6) is 0.873. The summed E-state index contributed by atoms with van der Waals surface area (Å²) in [4.78, 5) is 19.4. The number of hydrogen-bond acceptors (Lipinski definition) is 5. The Morgan fingerprint density at radius 1 is 1.27 bits per heavy atom. The Morgan fingerprint density at radius 2 is 2.00 bits per heavy atom. The molecule has 0 aliphatic carbocycles. The van der Waals surface area contributed by atoms with Gasteiger partial charge in [-0.3, -0.25) is 4.79 Å². The van der Waals surface area contributed by atoms with E-state index in [0.717, 1.165) is 21.5 Å². The van der Waals surface area contributed by atoms with Crippen LogP contribution in [0.5, 0.6) is 0 Å². The Labute approximate surface area is 162 Å². The van der Waals surface area contributed by atoms with Crippen molar-refractivity contribution in [1.29, 1.82) is 5.26 Å². The molecule has 0 spiro atoms. The molecule has 2 aromatic rings. The van der Waals surface area contributed by atoms with Crippen LogP contribution in [-0.4, -0.2) is 22.1 Å². The molecule has 0 fully saturated rings. The fourth-order valence-corrected chi connectivity index (χ4v) is 4.88. The fraction of sp³-hybridized carbons (Fsp3) is 0.250. The average Bonchev–Trinajstić information content (AvgIpc) is 2.69. The molecule has 0 aromatic heterocycles. The molecule has 132 valence electrons. The highest BCUT2D eigenvalue weighted by atomic mass is 32.2. The van der Waals surface area contributed by atoms with Crippen molar-refractivity contribution in [2.75, 3.05) is 11.4 Å². The Morgan fingerprint density at radius 3 is 2.77 bits per heavy atom. The molecule has 1 aliphatic heterocycles. The molecule has 2 aromatic carbocycles. The van der Waals surface area contributed by atoms with Crippen molar-refractivity contribution in [2.45, 2.75) is 24.3 Å². The predicted molar refractivity (Wildman–Crippen MR) is 111 cm³/mol. The lowest BCUT2D eigenvalue weighted by molar-refractivity contribution is -0.117. The number of amides is 1. The van der Waals surface area contributed by atoms with Gasteiger partial charge in [0.05, 0.1) is 23.4 Å². The van der Waals surface area contributed by atoms with Gasteiger partial charge < -0.3 is 4.90 Å². The zero-order chi connectivity index (χ0) is 18.4. The van der Waals surface area contributed by atoms with Crippen LogP contribution >= 0.6 is 23.5 Å². The first-order valence-corrected chi connectivity index (χ1v) is 10.2. The number of para-hydroxylation sites is 2. The molecule has 0 saturated carbocycles. The molecular formula is C20H19N3OS2. The molecule has 0 radical (unpaired) electrons. The molecule has 0 unspecified atom stereocenters. The summed E-state index contributed by atoms with van der Waals surface area (Å²) in [5, 5.41) is 8.65. The van der Waals surface area contributed by atoms with Crippen LogP contribution in [0.3, 0.4) is 0 Å². The van der Waals surface area contributed by atoms with Crippen molar-refractivity contribution in [2.24, 2.45) is 4.99 Å². The molecule has 1 amide bonds. The van der Waals surface area contributed by atoms with Crippen molar-refractivity contribution >= 4 is 45.2 Å². The van der Waals surface area contributed by atoms with Gasteiger partial charge in [0.15, 0.2) is 0 Å². The van der Waals surface area contributed by atoms with Crippen LogP contribution in [0.1, 0.15) is 18.9 Å². The monoisotopic (exact) mass is 381 g/mol. The maximum Gasteiger partial charge on any atom is 0.240 e. The summed E-state index contributed by atoms with van der Waals surface area (Å²) in [5.41, 5.74) is 3.03. The third-order valence-corrected chi connectivity index (χ3v) is 6.24. The van der Waals surface area contributed by atoms with Crippen LogP contribution in [0.25, 0.3) is 0 Å². The summed E-state index contributed by atoms with van der Waals surface area (Å²) < 4.78 is 0.915. The van der Waals surface area contributed by atoms with E-state index in [-0.39, 0.29) is 11.2 Å². The highest BCUT2D eigenvalue weighted by Crippen LogP contribution is 2.36. The Hall–Kier alpha value is -2.23. The van der Waals surface area contributed by atoms with Gasteiger partial charge in [-0.05, 0) is 30.7 Å². The number of carbonyl (C=O) groups excluding carboxylic acids is 1. The average molecular weight is 382 g/mol. The molecular weight excluding hydrogens is 362 g/mol. The summed E-state index contributed by atoms with van der Waals surface area (Å²) in [6.07, 6.45) is 0.307. The van der Waals surface area contributed by atoms with Gasteiger partial charge >= 0.3 is 0 Å². The standard InChI is InChI=1S/C20H19N3OS2/c1-15(26-20-22-18-11-6-5-8-16(18)14-25-20)19(24)23(13-7-12-21)17-9-3-2-4-10-17/h2-6,8-11,15H,7,13-14H2,1H3/t15-/m1/s1. The number of benzene rings is 2. The van der Waals surface area contributed by atoms with Crippen molar-refractivity contribution in [1.82, 2.24) is 0 Å². The minimum Gasteiger partial charge on any atom is -0.310 e. The molecule has 3 rings (SSSR count). The SMILES string of the molecule is C[C@@H](SC1=Nc2ccccc2CS1)C(=O)N(CCC#N)c1ccccc1. The van der Waals surface area contributed by atoms with Gasteiger partial charge in [0.2, 0.25) is 5.91 Å². The van der Waals surface area contributed by atoms with Gasteiger partial charge in [0.25, 0.3) is 0 Å². The van der Waals surface area contributed by atoms with E-state index in [2.05, 4.69) is 17.1 Å². The minimum absolute atomic E-state index is 0.00129. The Kier molecular flexibility index (Phi) is 6.37. The molecule has 0 bridgehead atoms. The smallest absolute Gasteiger partial charge is 0.240 e. The van der Waals surface area contributed by atoms with Gasteiger partial charge in [-0.2, -0.15) is 5.26 Å². The quantitative estimate of drug-likeness (QED) is 0.732. The minimum atomic E-state index is -0.273. The topological polar surface area (TPSA) is 56.5 Å². The first-order valence-electron chi connectivity index (χ1n) is 8.38. The van der Waals surface area contributed by atoms with E-state index >= 15 is 0 Å². The highest BCUT2D eigenvalue weighted by molar-refractivity contribution is 8.39. The third kappa shape index (κ3) is 4.48. The van der Waals surface area contributed by atoms with Crippen LogP contribution in [0.15, 0.2) is 59.6 Å². The van der Waals surface area contributed by atoms with Gasteiger partial charge in [0, 0.05) is 18.0 Å². The van der Waals surface area contributed by atoms with Gasteiger partial charge in [-0.25, -0.2) is 4.99 Å². The number of thioether (sulfide) groups is 2. The predicted octanol–water partition coefficient (Wildman–Crippen LogP) is 4.99. The number of nitriles is 1. The second-order valence-corrected chi connectivity index (χ2v) is 8.34. The van der Waals surface area contributed by atoms with E-state index in [9.17, 15) is 4.79 Å². The zero-order valence-electron chi connectivity index (χ0n) is 14.5. The zero-order valence-corrected chi connectivity index (χ0v) is 16.1. The van der Waals surface area contributed by atoms with Gasteiger partial charge in [-0.1, -0.05) is 59.9 Å². The van der Waals surface area contributed by atoms with Crippen LogP contribution in [0, 0.1) is 11.3 Å². The third-order valence-electron chi connectivity index (χ3n) is 3.96. The Bertz CT molecular complexity index is 846. The van der Waals surface area contributed by atoms with E-state index < -0.39 is 0 Å². The normalized spacial score (nSPS) is 13.9. The molecule has 0 N–H and O–H groups in total. The number of aliphatic imine (C=N–C) groups is 1. The van der Waals surface area contributed by atoms with Crippen LogP contribution in [-0.2, 0) is 10.5 Å². The highest BCUT2D eigenvalue weighted by Gasteiger charge is 2.25. The van der Waals surface area contributed by atoms with Crippen molar-refractivity contribution in [3.8, 4) is 6.07 Å². The van der Waals surface area contributed by atoms with E-state index in [4.69, 9.17) is 5.26 Å². The number of carbonyl (C=O) groups is 1. The van der Waals surface area contributed by atoms with E-state index in [1.54, 1.807) is 16.7 Å². The van der Waals surface area contributed by atoms with E-state index in [1.165, 1.54) is 17.3 Å². The Balaban J connectivity index is 1.73. The molecule has 1 atom stereocenters. The van der Waals surface area contributed by atoms with Gasteiger partial charge in [-0.15, -0.1) is 0 Å². The molecule has 0 saturated heterocycles. The van der Waals surface area contributed by atoms with Crippen molar-refractivity contribution in [3.63, 3.8) is 0 Å². The molecule has 1 heterocycles. The fourth-order valence-electron chi connectivity index (χ4n) is 2.63. The summed E-state index contributed by atoms with van der Waals surface area (Å²) in [6, 6.07) is 19.7. The first-order chi connectivity index (χ1) is 12.7. The number of hydrogen-bond donors (Lipinski definition) is 0. The van der Waals surface area contributed by atoms with Crippen LogP contribution < -0.4 is 4.90 Å². The van der Waals surface area contributed by atoms with Crippen molar-refractivity contribution < 1.29 is 4.79 Å². The number of rotatable bonds is 5. The van der Waals surface area contributed by atoms with Crippen LogP contribution in [0.4, 0.5) is 11.4 Å². The van der Waals surface area contributed by atoms with E-state index in [1.807, 2.05) is 55.5 Å². The second-order valence-electron chi connectivity index (χ2n) is 5.79. The first kappa shape index (κ1) is 18.6. The number of nitrogens with zero attached hydrogens (tertiary/aromatic N) is 3. The van der Waals surface area contributed by atoms with E-state index in [0.29, 0.717) is 13.0 Å². The lowest BCUT2D eigenvalue weighted by Crippen LogP contribution is -2.37. The van der Waals surface area contributed by atoms with Crippen LogP contribution in [0.2, 0.25) is 0 Å². The summed E-state index contributed by atoms with van der Waals surface area (Å²) in [7, 11) is 0. The van der Waals surface area contributed by atoms with Crippen molar-refractivity contribution in [3.05, 3.63) is 60.2 Å². The molecule has 1 aliphatic rings. The molecule has 26 heavy (non-hydrogen) atoms. The molecule has 4 nitrogen and oxygen atoms in total. The maximum atomic E-state index is 13.0. The number of fused-ring (bicyclic) bond motifs is 1. The summed E-state index contributed by atoms with van der Waals surface area (Å²) in [6.45, 7) is 2.30. The summed E-state index contributed by atoms with van der Waals surface area (Å²) >= 11 is 3.15. The largest absolute Gasteiger partial charge is 0.310 e.